The number of nitrogens with zero attached hydrogens (tertiary/aromatic N) is 1. The highest BCUT2D eigenvalue weighted by atomic mass is 16.8. The van der Waals surface area contributed by atoms with Crippen molar-refractivity contribution in [2.75, 3.05) is 32.9 Å². The van der Waals surface area contributed by atoms with E-state index in [4.69, 9.17) is 61.8 Å². The Balaban J connectivity index is 1.21. The Morgan fingerprint density at radius 2 is 1.31 bits per heavy atom. The lowest BCUT2D eigenvalue weighted by Crippen LogP contribution is -2.68. The first-order chi connectivity index (χ1) is 26.4. The first-order valence-electron chi connectivity index (χ1n) is 18.4. The van der Waals surface area contributed by atoms with Gasteiger partial charge in [0.15, 0.2) is 18.9 Å². The number of fused-ring (bicyclic) bond motifs is 1. The summed E-state index contributed by atoms with van der Waals surface area (Å²) in [5.41, 5.74) is 32.6. The molecule has 4 aliphatic rings. The minimum absolute atomic E-state index is 0.0379. The smallest absolute Gasteiger partial charge is 0.187 e. The van der Waals surface area contributed by atoms with Gasteiger partial charge in [0.25, 0.3) is 0 Å². The van der Waals surface area contributed by atoms with Crippen molar-refractivity contribution in [1.29, 1.82) is 0 Å². The van der Waals surface area contributed by atoms with Crippen LogP contribution in [0.4, 0.5) is 0 Å². The molecule has 0 radical (unpaired) electrons. The van der Waals surface area contributed by atoms with Crippen molar-refractivity contribution in [3.63, 3.8) is 0 Å². The Kier molecular flexibility index (Phi) is 14.4. The van der Waals surface area contributed by atoms with Gasteiger partial charge in [0.1, 0.15) is 73.0 Å². The lowest BCUT2D eigenvalue weighted by atomic mass is 9.84. The Bertz CT molecular complexity index is 1470. The van der Waals surface area contributed by atoms with Crippen molar-refractivity contribution >= 4 is 11.0 Å². The number of para-hydroxylation sites is 2. The molecular formula is C33H56N8O14. The van der Waals surface area contributed by atoms with Crippen LogP contribution in [-0.4, -0.2) is 195 Å². The molecule has 0 unspecified atom stereocenters. The third kappa shape index (κ3) is 9.14. The van der Waals surface area contributed by atoms with Gasteiger partial charge in [0, 0.05) is 25.2 Å². The zero-order valence-corrected chi connectivity index (χ0v) is 30.1. The summed E-state index contributed by atoms with van der Waals surface area (Å²) in [6.07, 6.45) is -19.6. The molecule has 0 bridgehead atoms. The SMILES string of the molecule is NC[C@@H]1O[C@H](O[C@H]2[C@@H](OCCNCc3nc4ccccc4[nH]3)[C@H](O[C@@H]3[C@@H](O)[C@H](N)C[C@H](N)[C@H]3O[C@H]3O[C@H](CO)[C@@H](O)[C@H](O)[C@H]3N)O[C@@H]2CO)[C@H](N)[C@@H](O)[C@@H]1O. The van der Waals surface area contributed by atoms with Crippen molar-refractivity contribution in [2.24, 2.45) is 28.7 Å². The van der Waals surface area contributed by atoms with Gasteiger partial charge in [-0.3, -0.25) is 0 Å². The maximum Gasteiger partial charge on any atom is 0.187 e. The molecule has 3 aliphatic heterocycles. The van der Waals surface area contributed by atoms with Gasteiger partial charge >= 0.3 is 0 Å². The number of aliphatic hydroxyl groups excluding tert-OH is 7. The number of H-pyrrole nitrogens is 1. The highest BCUT2D eigenvalue weighted by Crippen LogP contribution is 2.35. The Morgan fingerprint density at radius 3 is 1.96 bits per heavy atom. The fourth-order valence-electron chi connectivity index (χ4n) is 7.42. The second-order valence-electron chi connectivity index (χ2n) is 14.4. The highest BCUT2D eigenvalue weighted by molar-refractivity contribution is 5.74. The normalized spacial score (nSPS) is 44.0. The maximum absolute atomic E-state index is 11.4. The number of aromatic nitrogens is 2. The quantitative estimate of drug-likeness (QED) is 0.0745. The van der Waals surface area contributed by atoms with Crippen molar-refractivity contribution in [2.45, 2.75) is 129 Å². The largest absolute Gasteiger partial charge is 0.394 e. The van der Waals surface area contributed by atoms with E-state index in [0.29, 0.717) is 18.9 Å². The molecule has 3 saturated heterocycles. The van der Waals surface area contributed by atoms with E-state index in [9.17, 15) is 35.7 Å². The number of hydrogen-bond donors (Lipinski definition) is 14. The third-order valence-electron chi connectivity index (χ3n) is 10.6. The number of ether oxygens (including phenoxy) is 7. The maximum atomic E-state index is 11.4. The fraction of sp³-hybridized carbons (Fsp3) is 0.788. The average molecular weight is 789 g/mol. The van der Waals surface area contributed by atoms with Crippen LogP contribution in [0.3, 0.4) is 0 Å². The number of aliphatic hydroxyl groups is 7. The van der Waals surface area contributed by atoms with E-state index in [2.05, 4.69) is 15.3 Å². The summed E-state index contributed by atoms with van der Waals surface area (Å²) >= 11 is 0. The van der Waals surface area contributed by atoms with Crippen molar-refractivity contribution in [1.82, 2.24) is 15.3 Å². The lowest BCUT2D eigenvalue weighted by Gasteiger charge is -2.47. The fourth-order valence-corrected chi connectivity index (χ4v) is 7.42. The summed E-state index contributed by atoms with van der Waals surface area (Å²) in [6.45, 7) is -0.722. The van der Waals surface area contributed by atoms with Gasteiger partial charge < -0.3 is 108 Å². The molecule has 0 spiro atoms. The predicted octanol–water partition coefficient (Wildman–Crippen LogP) is -7.17. The zero-order valence-electron chi connectivity index (χ0n) is 30.1. The Labute approximate surface area is 316 Å². The number of nitrogens with two attached hydrogens (primary N) is 5. The molecule has 2 aromatic rings. The van der Waals surface area contributed by atoms with Crippen LogP contribution in [0, 0.1) is 0 Å². The van der Waals surface area contributed by atoms with Crippen LogP contribution in [0.15, 0.2) is 24.3 Å². The predicted molar refractivity (Wildman–Crippen MR) is 188 cm³/mol. The van der Waals surface area contributed by atoms with Gasteiger partial charge in [-0.15, -0.1) is 0 Å². The summed E-state index contributed by atoms with van der Waals surface area (Å²) in [7, 11) is 0. The molecule has 0 amide bonds. The second kappa shape index (κ2) is 18.6. The molecule has 1 aromatic heterocycles. The molecule has 1 saturated carbocycles. The van der Waals surface area contributed by atoms with Crippen LogP contribution in [0.5, 0.6) is 0 Å². The Morgan fingerprint density at radius 1 is 0.709 bits per heavy atom. The van der Waals surface area contributed by atoms with Gasteiger partial charge in [-0.25, -0.2) is 4.98 Å². The van der Waals surface area contributed by atoms with Crippen molar-refractivity contribution < 1.29 is 68.9 Å². The molecule has 22 heteroatoms. The number of hydrogen-bond acceptors (Lipinski definition) is 21. The average Bonchev–Trinajstić information content (AvgIpc) is 3.75. The van der Waals surface area contributed by atoms with Crippen LogP contribution in [0.2, 0.25) is 0 Å². The van der Waals surface area contributed by atoms with Gasteiger partial charge in [-0.2, -0.15) is 0 Å². The molecule has 312 valence electrons. The first-order valence-corrected chi connectivity index (χ1v) is 18.4. The van der Waals surface area contributed by atoms with Gasteiger partial charge in [-0.1, -0.05) is 12.1 Å². The molecule has 1 aliphatic carbocycles. The number of aromatic amines is 1. The standard InChI is InChI=1S/C33H56N8O14/c34-8-16-23(45)25(47)20(37)31(50-16)54-28-18(11-43)52-33(30(28)49-6-5-39-9-19-40-14-3-1-2-4-15(14)41-19)55-29-22(44)12(35)7-13(36)27(29)53-32-21(38)26(48)24(46)17(10-42)51-32/h1-4,12-13,16-18,20-33,39,42-48H,5-11,34-38H2,(H,40,41)/t12-,13+,16+,17-,18-,20-,21-,22+,23-,24-,25-,26-,27-,28-,29-,30-,31-,32-,33+/m1/s1. The minimum Gasteiger partial charge on any atom is -0.394 e. The molecule has 19 atom stereocenters. The van der Waals surface area contributed by atoms with Crippen molar-refractivity contribution in [3.05, 3.63) is 30.1 Å². The van der Waals surface area contributed by atoms with Crippen LogP contribution in [0.25, 0.3) is 11.0 Å². The highest BCUT2D eigenvalue weighted by Gasteiger charge is 2.55. The summed E-state index contributed by atoms with van der Waals surface area (Å²) < 4.78 is 42.6. The van der Waals surface area contributed by atoms with Crippen LogP contribution in [-0.2, 0) is 39.7 Å². The number of benzene rings is 1. The Hall–Kier alpha value is -2.11. The molecule has 22 nitrogen and oxygen atoms in total. The minimum atomic E-state index is -1.53. The van der Waals surface area contributed by atoms with Gasteiger partial charge in [0.2, 0.25) is 0 Å². The molecular weight excluding hydrogens is 732 g/mol. The summed E-state index contributed by atoms with van der Waals surface area (Å²) in [4.78, 5) is 7.79. The van der Waals surface area contributed by atoms with E-state index in [1.165, 1.54) is 0 Å². The third-order valence-corrected chi connectivity index (χ3v) is 10.6. The van der Waals surface area contributed by atoms with E-state index >= 15 is 0 Å². The zero-order chi connectivity index (χ0) is 39.6. The van der Waals surface area contributed by atoms with Crippen LogP contribution >= 0.6 is 0 Å². The number of rotatable bonds is 15. The van der Waals surface area contributed by atoms with Crippen LogP contribution < -0.4 is 34.0 Å². The van der Waals surface area contributed by atoms with E-state index in [1.54, 1.807) is 0 Å². The van der Waals surface area contributed by atoms with E-state index in [-0.39, 0.29) is 19.6 Å². The molecule has 55 heavy (non-hydrogen) atoms. The van der Waals surface area contributed by atoms with Crippen molar-refractivity contribution in [3.8, 4) is 0 Å². The van der Waals surface area contributed by atoms with Gasteiger partial charge in [-0.05, 0) is 18.6 Å². The van der Waals surface area contributed by atoms with E-state index < -0.39 is 129 Å². The molecule has 4 heterocycles. The topological polar surface area (TPSA) is 377 Å². The van der Waals surface area contributed by atoms with Gasteiger partial charge in [0.05, 0.1) is 55.6 Å². The lowest BCUT2D eigenvalue weighted by molar-refractivity contribution is -0.311. The summed E-state index contributed by atoms with van der Waals surface area (Å²) in [6, 6.07) is 3.30. The monoisotopic (exact) mass is 788 g/mol. The van der Waals surface area contributed by atoms with E-state index in [0.717, 1.165) is 11.0 Å². The summed E-state index contributed by atoms with van der Waals surface area (Å²) in [5, 5.41) is 76.7. The molecule has 6 rings (SSSR count). The number of imidazole rings is 1. The van der Waals surface area contributed by atoms with E-state index in [1.807, 2.05) is 24.3 Å². The summed E-state index contributed by atoms with van der Waals surface area (Å²) in [5.74, 6) is 0.700. The second-order valence-corrected chi connectivity index (χ2v) is 14.4. The molecule has 19 N–H and O–H groups in total. The number of nitrogens with one attached hydrogen (secondary N) is 2. The molecule has 1 aromatic carbocycles. The molecule has 4 fully saturated rings. The van der Waals surface area contributed by atoms with Crippen LogP contribution in [0.1, 0.15) is 12.2 Å². The first kappa shape index (κ1) is 42.5.